The highest BCUT2D eigenvalue weighted by Crippen LogP contribution is 2.31. The molecule has 0 radical (unpaired) electrons. The molecule has 0 saturated heterocycles. The number of halogens is 1. The van der Waals surface area contributed by atoms with Gasteiger partial charge in [0.05, 0.1) is 5.69 Å². The van der Waals surface area contributed by atoms with Crippen LogP contribution < -0.4 is 5.73 Å². The van der Waals surface area contributed by atoms with Crippen molar-refractivity contribution in [3.63, 3.8) is 0 Å². The maximum absolute atomic E-state index is 5.96. The van der Waals surface area contributed by atoms with Crippen molar-refractivity contribution in [1.29, 1.82) is 0 Å². The highest BCUT2D eigenvalue weighted by Gasteiger charge is 2.05. The van der Waals surface area contributed by atoms with Gasteiger partial charge in [-0.2, -0.15) is 0 Å². The molecule has 2 rings (SSSR count). The molecule has 0 bridgehead atoms. The van der Waals surface area contributed by atoms with E-state index in [0.29, 0.717) is 5.82 Å². The maximum Gasteiger partial charge on any atom is 0.124 e. The normalized spacial score (nSPS) is 10.2. The van der Waals surface area contributed by atoms with Gasteiger partial charge >= 0.3 is 0 Å². The van der Waals surface area contributed by atoms with Gasteiger partial charge in [0.15, 0.2) is 0 Å². The zero-order valence-electron chi connectivity index (χ0n) is 6.70. The van der Waals surface area contributed by atoms with Gasteiger partial charge < -0.3 is 5.73 Å². The van der Waals surface area contributed by atoms with Crippen LogP contribution in [0.2, 0.25) is 4.34 Å². The molecule has 13 heavy (non-hydrogen) atoms. The molecule has 2 heterocycles. The van der Waals surface area contributed by atoms with Crippen LogP contribution in [0.25, 0.3) is 11.3 Å². The third-order valence-corrected chi connectivity index (χ3v) is 2.83. The molecule has 66 valence electrons. The number of rotatable bonds is 1. The van der Waals surface area contributed by atoms with Gasteiger partial charge in [-0.3, -0.25) is 0 Å². The Morgan fingerprint density at radius 3 is 2.77 bits per heavy atom. The van der Waals surface area contributed by atoms with Crippen molar-refractivity contribution in [2.24, 2.45) is 0 Å². The Balaban J connectivity index is 2.53. The lowest BCUT2D eigenvalue weighted by molar-refractivity contribution is 1.34. The van der Waals surface area contributed by atoms with E-state index in [9.17, 15) is 0 Å². The van der Waals surface area contributed by atoms with E-state index < -0.39 is 0 Å². The van der Waals surface area contributed by atoms with Crippen molar-refractivity contribution >= 4 is 28.8 Å². The minimum Gasteiger partial charge on any atom is -0.384 e. The van der Waals surface area contributed by atoms with Crippen molar-refractivity contribution in [2.75, 3.05) is 5.73 Å². The quantitative estimate of drug-likeness (QED) is 0.786. The zero-order chi connectivity index (χ0) is 9.26. The Hall–Kier alpha value is -1.06. The highest BCUT2D eigenvalue weighted by molar-refractivity contribution is 7.15. The van der Waals surface area contributed by atoms with Gasteiger partial charge in [0.2, 0.25) is 0 Å². The topological polar surface area (TPSA) is 38.9 Å². The first-order valence-corrected chi connectivity index (χ1v) is 4.99. The van der Waals surface area contributed by atoms with E-state index in [4.69, 9.17) is 17.3 Å². The average molecular weight is 211 g/mol. The first-order valence-electron chi connectivity index (χ1n) is 3.73. The zero-order valence-corrected chi connectivity index (χ0v) is 8.27. The van der Waals surface area contributed by atoms with Crippen LogP contribution in [0.5, 0.6) is 0 Å². The molecule has 0 spiro atoms. The summed E-state index contributed by atoms with van der Waals surface area (Å²) in [7, 11) is 0. The summed E-state index contributed by atoms with van der Waals surface area (Å²) in [5.41, 5.74) is 7.33. The van der Waals surface area contributed by atoms with Crippen LogP contribution in [-0.2, 0) is 0 Å². The molecule has 0 aliphatic rings. The summed E-state index contributed by atoms with van der Waals surface area (Å²) in [6, 6.07) is 7.45. The van der Waals surface area contributed by atoms with E-state index in [1.807, 2.05) is 23.6 Å². The molecular weight excluding hydrogens is 204 g/mol. The largest absolute Gasteiger partial charge is 0.384 e. The van der Waals surface area contributed by atoms with E-state index in [1.54, 1.807) is 6.07 Å². The van der Waals surface area contributed by atoms with E-state index >= 15 is 0 Å². The number of hydrogen-bond donors (Lipinski definition) is 1. The van der Waals surface area contributed by atoms with Crippen LogP contribution in [-0.4, -0.2) is 4.98 Å². The molecule has 0 unspecified atom stereocenters. The van der Waals surface area contributed by atoms with Gasteiger partial charge in [-0.1, -0.05) is 17.7 Å². The second-order valence-corrected chi connectivity index (χ2v) is 4.07. The minimum atomic E-state index is 0.514. The predicted octanol–water partition coefficient (Wildman–Crippen LogP) is 3.05. The molecule has 0 amide bonds. The Morgan fingerprint density at radius 1 is 1.31 bits per heavy atom. The molecule has 0 atom stereocenters. The van der Waals surface area contributed by atoms with Crippen LogP contribution in [0, 0.1) is 0 Å². The van der Waals surface area contributed by atoms with Crippen LogP contribution in [0.3, 0.4) is 0 Å². The van der Waals surface area contributed by atoms with Crippen molar-refractivity contribution in [3.8, 4) is 11.3 Å². The van der Waals surface area contributed by atoms with Crippen LogP contribution in [0.4, 0.5) is 5.82 Å². The molecular formula is C9H7ClN2S. The van der Waals surface area contributed by atoms with E-state index in [0.717, 1.165) is 15.6 Å². The highest BCUT2D eigenvalue weighted by atomic mass is 35.5. The Bertz CT molecular complexity index is 425. The van der Waals surface area contributed by atoms with Crippen LogP contribution in [0.1, 0.15) is 0 Å². The van der Waals surface area contributed by atoms with Crippen LogP contribution in [0.15, 0.2) is 29.6 Å². The maximum atomic E-state index is 5.96. The molecule has 2 aromatic rings. The van der Waals surface area contributed by atoms with E-state index in [-0.39, 0.29) is 0 Å². The smallest absolute Gasteiger partial charge is 0.124 e. The molecule has 2 nitrogen and oxygen atoms in total. The fourth-order valence-corrected chi connectivity index (χ4v) is 2.02. The summed E-state index contributed by atoms with van der Waals surface area (Å²) in [6.45, 7) is 0. The summed E-state index contributed by atoms with van der Waals surface area (Å²) in [5.74, 6) is 0.514. The number of hydrogen-bond acceptors (Lipinski definition) is 3. The predicted molar refractivity (Wildman–Crippen MR) is 57.0 cm³/mol. The Kier molecular flexibility index (Phi) is 2.20. The summed E-state index contributed by atoms with van der Waals surface area (Å²) >= 11 is 7.45. The lowest BCUT2D eigenvalue weighted by Crippen LogP contribution is -1.90. The number of nitrogen functional groups attached to an aromatic ring is 1. The molecule has 2 aromatic heterocycles. The molecule has 0 aliphatic heterocycles. The minimum absolute atomic E-state index is 0.514. The summed E-state index contributed by atoms with van der Waals surface area (Å²) in [6.07, 6.45) is 0. The molecule has 0 aromatic carbocycles. The van der Waals surface area contributed by atoms with Crippen molar-refractivity contribution < 1.29 is 0 Å². The molecule has 2 N–H and O–H groups in total. The molecule has 0 fully saturated rings. The molecule has 0 saturated carbocycles. The fourth-order valence-electron chi connectivity index (χ4n) is 1.08. The fraction of sp³-hybridized carbons (Fsp3) is 0. The number of anilines is 1. The van der Waals surface area contributed by atoms with E-state index in [2.05, 4.69) is 4.98 Å². The second kappa shape index (κ2) is 3.36. The Labute approximate surface area is 85.0 Å². The first-order chi connectivity index (χ1) is 6.27. The SMILES string of the molecule is Nc1cccc(-c2ccsc2Cl)n1. The number of thiophene rings is 1. The van der Waals surface area contributed by atoms with E-state index in [1.165, 1.54) is 11.3 Å². The number of pyridine rings is 1. The number of nitrogens with two attached hydrogens (primary N) is 1. The van der Waals surface area contributed by atoms with Gasteiger partial charge in [-0.15, -0.1) is 11.3 Å². The summed E-state index contributed by atoms with van der Waals surface area (Å²) in [4.78, 5) is 4.18. The van der Waals surface area contributed by atoms with Gasteiger partial charge in [0.25, 0.3) is 0 Å². The monoisotopic (exact) mass is 210 g/mol. The molecule has 0 aliphatic carbocycles. The second-order valence-electron chi connectivity index (χ2n) is 2.56. The van der Waals surface area contributed by atoms with Gasteiger partial charge in [0, 0.05) is 5.56 Å². The van der Waals surface area contributed by atoms with Crippen molar-refractivity contribution in [3.05, 3.63) is 34.0 Å². The summed E-state index contributed by atoms with van der Waals surface area (Å²) < 4.78 is 0.748. The first kappa shape index (κ1) is 8.53. The van der Waals surface area contributed by atoms with Crippen LogP contribution >= 0.6 is 22.9 Å². The van der Waals surface area contributed by atoms with Crippen molar-refractivity contribution in [2.45, 2.75) is 0 Å². The van der Waals surface area contributed by atoms with Gasteiger partial charge in [-0.25, -0.2) is 4.98 Å². The van der Waals surface area contributed by atoms with Crippen molar-refractivity contribution in [1.82, 2.24) is 4.98 Å². The number of aromatic nitrogens is 1. The standard InChI is InChI=1S/C9H7ClN2S/c10-9-6(4-5-13-9)7-2-1-3-8(11)12-7/h1-5H,(H2,11,12). The van der Waals surface area contributed by atoms with Gasteiger partial charge in [0.1, 0.15) is 10.2 Å². The average Bonchev–Trinajstić information content (AvgIpc) is 2.51. The lowest BCUT2D eigenvalue weighted by atomic mass is 10.2. The third-order valence-electron chi connectivity index (χ3n) is 1.66. The molecule has 4 heteroatoms. The third kappa shape index (κ3) is 1.66. The summed E-state index contributed by atoms with van der Waals surface area (Å²) in [5, 5.41) is 1.93. The Morgan fingerprint density at radius 2 is 2.15 bits per heavy atom. The van der Waals surface area contributed by atoms with Gasteiger partial charge in [-0.05, 0) is 23.6 Å². The number of nitrogens with zero attached hydrogens (tertiary/aromatic N) is 1. The lowest BCUT2D eigenvalue weighted by Gasteiger charge is -1.98.